The van der Waals surface area contributed by atoms with Gasteiger partial charge in [-0.25, -0.2) is 0 Å². The van der Waals surface area contributed by atoms with Crippen molar-refractivity contribution in [2.24, 2.45) is 0 Å². The van der Waals surface area contributed by atoms with Gasteiger partial charge in [-0.15, -0.1) is 0 Å². The Balaban J connectivity index is 1.98. The Morgan fingerprint density at radius 2 is 2.16 bits per heavy atom. The smallest absolute Gasteiger partial charge is 0.252 e. The fraction of sp³-hybridized carbons (Fsp3) is 0.154. The van der Waals surface area contributed by atoms with Crippen LogP contribution >= 0.6 is 43.2 Å². The summed E-state index contributed by atoms with van der Waals surface area (Å²) in [6.07, 6.45) is -0.676. The van der Waals surface area contributed by atoms with Gasteiger partial charge < -0.3 is 10.4 Å². The molecule has 2 aromatic rings. The lowest BCUT2D eigenvalue weighted by molar-refractivity contribution is 0.0916. The summed E-state index contributed by atoms with van der Waals surface area (Å²) >= 11 is 8.19. The molecule has 0 radical (unpaired) electrons. The molecule has 2 rings (SSSR count). The van der Waals surface area contributed by atoms with Crippen LogP contribution in [0.2, 0.25) is 0 Å². The molecular weight excluding hydrogens is 394 g/mol. The standard InChI is InChI=1S/C13H11Br2NO2S/c14-9-1-2-10(11(15)5-9)13(18)16-6-12(17)8-3-4-19-7-8/h1-5,7,12,17H,6H2,(H,16,18). The molecule has 2 N–H and O–H groups in total. The first kappa shape index (κ1) is 14.7. The second-order valence-electron chi connectivity index (χ2n) is 3.91. The third-order valence-electron chi connectivity index (χ3n) is 2.56. The van der Waals surface area contributed by atoms with Crippen molar-refractivity contribution >= 4 is 49.1 Å². The summed E-state index contributed by atoms with van der Waals surface area (Å²) in [7, 11) is 0. The number of amides is 1. The van der Waals surface area contributed by atoms with Crippen LogP contribution in [0.4, 0.5) is 0 Å². The number of carbonyl (C=O) groups is 1. The van der Waals surface area contributed by atoms with Gasteiger partial charge in [0.15, 0.2) is 0 Å². The van der Waals surface area contributed by atoms with E-state index >= 15 is 0 Å². The number of benzene rings is 1. The number of hydrogen-bond acceptors (Lipinski definition) is 3. The molecule has 0 aliphatic rings. The lowest BCUT2D eigenvalue weighted by atomic mass is 10.2. The van der Waals surface area contributed by atoms with Crippen molar-refractivity contribution < 1.29 is 9.90 Å². The van der Waals surface area contributed by atoms with Crippen LogP contribution in [0.3, 0.4) is 0 Å². The maximum absolute atomic E-state index is 12.0. The van der Waals surface area contributed by atoms with Crippen molar-refractivity contribution in [2.45, 2.75) is 6.10 Å². The lowest BCUT2D eigenvalue weighted by Crippen LogP contribution is -2.28. The van der Waals surface area contributed by atoms with E-state index in [1.165, 1.54) is 11.3 Å². The summed E-state index contributed by atoms with van der Waals surface area (Å²) in [6.45, 7) is 0.193. The molecule has 100 valence electrons. The van der Waals surface area contributed by atoms with Crippen LogP contribution in [0.25, 0.3) is 0 Å². The minimum Gasteiger partial charge on any atom is -0.387 e. The van der Waals surface area contributed by atoms with Crippen molar-refractivity contribution in [2.75, 3.05) is 6.54 Å². The molecule has 1 aromatic heterocycles. The van der Waals surface area contributed by atoms with Crippen LogP contribution in [0, 0.1) is 0 Å². The monoisotopic (exact) mass is 403 g/mol. The molecule has 19 heavy (non-hydrogen) atoms. The minimum absolute atomic E-state index is 0.193. The van der Waals surface area contributed by atoms with E-state index in [2.05, 4.69) is 37.2 Å². The van der Waals surface area contributed by atoms with Crippen molar-refractivity contribution in [3.63, 3.8) is 0 Å². The predicted octanol–water partition coefficient (Wildman–Crippen LogP) is 3.74. The summed E-state index contributed by atoms with van der Waals surface area (Å²) in [4.78, 5) is 12.0. The first-order valence-corrected chi connectivity index (χ1v) is 8.04. The van der Waals surface area contributed by atoms with Gasteiger partial charge in [0.25, 0.3) is 5.91 Å². The number of rotatable bonds is 4. The van der Waals surface area contributed by atoms with Crippen LogP contribution in [-0.2, 0) is 0 Å². The fourth-order valence-electron chi connectivity index (χ4n) is 1.54. The highest BCUT2D eigenvalue weighted by Gasteiger charge is 2.13. The van der Waals surface area contributed by atoms with E-state index < -0.39 is 6.10 Å². The summed E-state index contributed by atoms with van der Waals surface area (Å²) < 4.78 is 1.61. The third-order valence-corrected chi connectivity index (χ3v) is 4.41. The Morgan fingerprint density at radius 1 is 1.37 bits per heavy atom. The van der Waals surface area contributed by atoms with Gasteiger partial charge in [-0.1, -0.05) is 15.9 Å². The molecule has 0 bridgehead atoms. The second-order valence-corrected chi connectivity index (χ2v) is 6.46. The van der Waals surface area contributed by atoms with Gasteiger partial charge in [-0.2, -0.15) is 11.3 Å². The molecule has 1 aromatic carbocycles. The average Bonchev–Trinajstić information content (AvgIpc) is 2.89. The molecule has 6 heteroatoms. The Bertz CT molecular complexity index is 572. The summed E-state index contributed by atoms with van der Waals surface area (Å²) in [5.41, 5.74) is 1.36. The second kappa shape index (κ2) is 6.65. The molecule has 1 heterocycles. The SMILES string of the molecule is O=C(NCC(O)c1ccsc1)c1ccc(Br)cc1Br. The van der Waals surface area contributed by atoms with E-state index in [4.69, 9.17) is 0 Å². The van der Waals surface area contributed by atoms with E-state index in [-0.39, 0.29) is 12.5 Å². The fourth-order valence-corrected chi connectivity index (χ4v) is 3.47. The number of aliphatic hydroxyl groups is 1. The van der Waals surface area contributed by atoms with Crippen molar-refractivity contribution in [3.8, 4) is 0 Å². The van der Waals surface area contributed by atoms with E-state index in [1.54, 1.807) is 12.1 Å². The van der Waals surface area contributed by atoms with Gasteiger partial charge >= 0.3 is 0 Å². The number of thiophene rings is 1. The zero-order valence-electron chi connectivity index (χ0n) is 9.77. The maximum Gasteiger partial charge on any atom is 0.252 e. The Kier molecular flexibility index (Phi) is 5.15. The molecule has 0 spiro atoms. The maximum atomic E-state index is 12.0. The van der Waals surface area contributed by atoms with Gasteiger partial charge in [-0.3, -0.25) is 4.79 Å². The number of aliphatic hydroxyl groups excluding tert-OH is 1. The predicted molar refractivity (Wildman–Crippen MR) is 83.5 cm³/mol. The van der Waals surface area contributed by atoms with Gasteiger partial charge in [0, 0.05) is 15.5 Å². The quantitative estimate of drug-likeness (QED) is 0.815. The first-order chi connectivity index (χ1) is 9.08. The summed E-state index contributed by atoms with van der Waals surface area (Å²) in [6, 6.07) is 7.18. The van der Waals surface area contributed by atoms with Crippen molar-refractivity contribution in [1.29, 1.82) is 0 Å². The third kappa shape index (κ3) is 3.89. The van der Waals surface area contributed by atoms with Crippen LogP contribution in [0.15, 0.2) is 44.0 Å². The molecule has 0 fully saturated rings. The Morgan fingerprint density at radius 3 is 2.79 bits per heavy atom. The highest BCUT2D eigenvalue weighted by molar-refractivity contribution is 9.11. The minimum atomic E-state index is -0.676. The van der Waals surface area contributed by atoms with E-state index in [0.717, 1.165) is 10.0 Å². The molecule has 0 saturated carbocycles. The van der Waals surface area contributed by atoms with E-state index in [1.807, 2.05) is 22.9 Å². The van der Waals surface area contributed by atoms with Crippen molar-refractivity contribution in [3.05, 3.63) is 55.1 Å². The number of hydrogen-bond donors (Lipinski definition) is 2. The van der Waals surface area contributed by atoms with Crippen LogP contribution in [0.1, 0.15) is 22.0 Å². The molecule has 0 saturated heterocycles. The van der Waals surface area contributed by atoms with Gasteiger partial charge in [0.1, 0.15) is 0 Å². The molecule has 1 unspecified atom stereocenters. The highest BCUT2D eigenvalue weighted by atomic mass is 79.9. The molecular formula is C13H11Br2NO2S. The van der Waals surface area contributed by atoms with E-state index in [0.29, 0.717) is 10.0 Å². The molecule has 3 nitrogen and oxygen atoms in total. The van der Waals surface area contributed by atoms with Gasteiger partial charge in [0.2, 0.25) is 0 Å². The number of nitrogens with one attached hydrogen (secondary N) is 1. The zero-order chi connectivity index (χ0) is 13.8. The molecule has 0 aliphatic heterocycles. The van der Waals surface area contributed by atoms with Crippen LogP contribution < -0.4 is 5.32 Å². The summed E-state index contributed by atoms with van der Waals surface area (Å²) in [5, 5.41) is 16.4. The molecule has 1 atom stereocenters. The largest absolute Gasteiger partial charge is 0.387 e. The van der Waals surface area contributed by atoms with Gasteiger partial charge in [0.05, 0.1) is 11.7 Å². The van der Waals surface area contributed by atoms with Crippen molar-refractivity contribution in [1.82, 2.24) is 5.32 Å². The first-order valence-electron chi connectivity index (χ1n) is 5.51. The zero-order valence-corrected chi connectivity index (χ0v) is 13.8. The molecule has 1 amide bonds. The lowest BCUT2D eigenvalue weighted by Gasteiger charge is -2.11. The Hall–Kier alpha value is -0.690. The van der Waals surface area contributed by atoms with Crippen LogP contribution in [-0.4, -0.2) is 17.6 Å². The normalized spacial score (nSPS) is 12.2. The van der Waals surface area contributed by atoms with Crippen LogP contribution in [0.5, 0.6) is 0 Å². The Labute approximate surface area is 131 Å². The topological polar surface area (TPSA) is 49.3 Å². The van der Waals surface area contributed by atoms with Gasteiger partial charge in [-0.05, 0) is 56.5 Å². The highest BCUT2D eigenvalue weighted by Crippen LogP contribution is 2.22. The van der Waals surface area contributed by atoms with E-state index in [9.17, 15) is 9.90 Å². The molecule has 0 aliphatic carbocycles. The number of carbonyl (C=O) groups excluding carboxylic acids is 1. The number of halogens is 2. The summed E-state index contributed by atoms with van der Waals surface area (Å²) in [5.74, 6) is -0.214. The average molecular weight is 405 g/mol.